The van der Waals surface area contributed by atoms with E-state index in [0.717, 1.165) is 25.5 Å². The van der Waals surface area contributed by atoms with Crippen molar-refractivity contribution in [1.82, 2.24) is 0 Å². The third-order valence-electron chi connectivity index (χ3n) is 1.78. The highest BCUT2D eigenvalue weighted by Crippen LogP contribution is 2.11. The molecule has 0 fully saturated rings. The van der Waals surface area contributed by atoms with Gasteiger partial charge in [-0.15, -0.1) is 0 Å². The molecular weight excluding hydrogens is 124 g/mol. The standard InChI is InChI=1S/C9H18O/c1-3-5-7-9(8-10)6-4-2/h8-9H,3-7H2,1-2H3/t9-/m1/s1. The fourth-order valence-corrected chi connectivity index (χ4v) is 1.12. The Morgan fingerprint density at radius 3 is 2.30 bits per heavy atom. The van der Waals surface area contributed by atoms with E-state index >= 15 is 0 Å². The molecule has 0 bridgehead atoms. The number of unbranched alkanes of at least 4 members (excludes halogenated alkanes) is 1. The van der Waals surface area contributed by atoms with Gasteiger partial charge in [0.05, 0.1) is 0 Å². The van der Waals surface area contributed by atoms with E-state index in [9.17, 15) is 4.79 Å². The monoisotopic (exact) mass is 142 g/mol. The largest absolute Gasteiger partial charge is 0.303 e. The van der Waals surface area contributed by atoms with E-state index in [4.69, 9.17) is 0 Å². The second kappa shape index (κ2) is 6.79. The van der Waals surface area contributed by atoms with Crippen molar-refractivity contribution in [2.75, 3.05) is 0 Å². The Kier molecular flexibility index (Phi) is 6.56. The van der Waals surface area contributed by atoms with Gasteiger partial charge < -0.3 is 4.79 Å². The van der Waals surface area contributed by atoms with Gasteiger partial charge in [-0.05, 0) is 12.8 Å². The van der Waals surface area contributed by atoms with Crippen molar-refractivity contribution in [3.8, 4) is 0 Å². The Balaban J connectivity index is 3.29. The minimum Gasteiger partial charge on any atom is -0.303 e. The first-order valence-corrected chi connectivity index (χ1v) is 4.30. The summed E-state index contributed by atoms with van der Waals surface area (Å²) in [5.74, 6) is 0.338. The molecule has 1 heteroatoms. The summed E-state index contributed by atoms with van der Waals surface area (Å²) in [4.78, 5) is 10.4. The lowest BCUT2D eigenvalue weighted by atomic mass is 9.99. The van der Waals surface area contributed by atoms with Crippen LogP contribution in [0.5, 0.6) is 0 Å². The summed E-state index contributed by atoms with van der Waals surface area (Å²) in [6, 6.07) is 0. The van der Waals surface area contributed by atoms with E-state index in [1.165, 1.54) is 12.8 Å². The summed E-state index contributed by atoms with van der Waals surface area (Å²) < 4.78 is 0. The maximum Gasteiger partial charge on any atom is 0.123 e. The van der Waals surface area contributed by atoms with Crippen LogP contribution in [0.4, 0.5) is 0 Å². The zero-order valence-electron chi connectivity index (χ0n) is 7.10. The van der Waals surface area contributed by atoms with Gasteiger partial charge in [0.15, 0.2) is 0 Å². The number of hydrogen-bond acceptors (Lipinski definition) is 1. The third kappa shape index (κ3) is 4.54. The molecule has 1 nitrogen and oxygen atoms in total. The highest BCUT2D eigenvalue weighted by atomic mass is 16.1. The van der Waals surface area contributed by atoms with Crippen LogP contribution in [-0.2, 0) is 4.79 Å². The van der Waals surface area contributed by atoms with Crippen molar-refractivity contribution in [1.29, 1.82) is 0 Å². The zero-order valence-corrected chi connectivity index (χ0v) is 7.10. The molecule has 0 aromatic carbocycles. The Morgan fingerprint density at radius 1 is 1.20 bits per heavy atom. The molecule has 0 N–H and O–H groups in total. The van der Waals surface area contributed by atoms with Gasteiger partial charge in [-0.1, -0.05) is 33.1 Å². The van der Waals surface area contributed by atoms with Crippen molar-refractivity contribution < 1.29 is 4.79 Å². The maximum absolute atomic E-state index is 10.4. The number of rotatable bonds is 6. The van der Waals surface area contributed by atoms with Crippen molar-refractivity contribution in [3.63, 3.8) is 0 Å². The van der Waals surface area contributed by atoms with Crippen LogP contribution in [0.3, 0.4) is 0 Å². The van der Waals surface area contributed by atoms with Crippen LogP contribution in [0.2, 0.25) is 0 Å². The van der Waals surface area contributed by atoms with Gasteiger partial charge in [-0.25, -0.2) is 0 Å². The molecule has 0 aromatic heterocycles. The number of carbonyl (C=O) groups is 1. The van der Waals surface area contributed by atoms with E-state index in [1.54, 1.807) is 0 Å². The minimum atomic E-state index is 0.338. The van der Waals surface area contributed by atoms with Crippen molar-refractivity contribution in [2.24, 2.45) is 5.92 Å². The normalized spacial score (nSPS) is 13.0. The summed E-state index contributed by atoms with van der Waals surface area (Å²) in [6.07, 6.45) is 6.81. The molecule has 1 atom stereocenters. The summed E-state index contributed by atoms with van der Waals surface area (Å²) in [6.45, 7) is 4.29. The lowest BCUT2D eigenvalue weighted by Gasteiger charge is -2.05. The molecule has 10 heavy (non-hydrogen) atoms. The highest BCUT2D eigenvalue weighted by molar-refractivity contribution is 5.53. The molecule has 0 aliphatic heterocycles. The Labute approximate surface area is 63.8 Å². The van der Waals surface area contributed by atoms with Crippen molar-refractivity contribution in [2.45, 2.75) is 46.0 Å². The number of carbonyl (C=O) groups excluding carboxylic acids is 1. The topological polar surface area (TPSA) is 17.1 Å². The fourth-order valence-electron chi connectivity index (χ4n) is 1.12. The predicted molar refractivity (Wildman–Crippen MR) is 44.0 cm³/mol. The lowest BCUT2D eigenvalue weighted by Crippen LogP contribution is -2.00. The van der Waals surface area contributed by atoms with Crippen LogP contribution in [0.25, 0.3) is 0 Å². The van der Waals surface area contributed by atoms with Gasteiger partial charge in [0.1, 0.15) is 6.29 Å². The molecule has 0 aliphatic rings. The Hall–Kier alpha value is -0.330. The van der Waals surface area contributed by atoms with Crippen LogP contribution in [0.15, 0.2) is 0 Å². The van der Waals surface area contributed by atoms with Crippen LogP contribution >= 0.6 is 0 Å². The first-order chi connectivity index (χ1) is 4.85. The van der Waals surface area contributed by atoms with Crippen LogP contribution < -0.4 is 0 Å². The summed E-state index contributed by atoms with van der Waals surface area (Å²) in [7, 11) is 0. The van der Waals surface area contributed by atoms with Gasteiger partial charge in [0.2, 0.25) is 0 Å². The van der Waals surface area contributed by atoms with Crippen molar-refractivity contribution in [3.05, 3.63) is 0 Å². The second-order valence-electron chi connectivity index (χ2n) is 2.83. The van der Waals surface area contributed by atoms with Crippen LogP contribution in [0, 0.1) is 5.92 Å². The molecule has 0 radical (unpaired) electrons. The highest BCUT2D eigenvalue weighted by Gasteiger charge is 2.03. The van der Waals surface area contributed by atoms with E-state index < -0.39 is 0 Å². The molecule has 0 saturated carbocycles. The molecule has 0 aliphatic carbocycles. The Bertz CT molecular complexity index is 78.8. The van der Waals surface area contributed by atoms with Gasteiger partial charge in [-0.2, -0.15) is 0 Å². The van der Waals surface area contributed by atoms with Gasteiger partial charge in [0.25, 0.3) is 0 Å². The summed E-state index contributed by atoms with van der Waals surface area (Å²) in [5.41, 5.74) is 0. The van der Waals surface area contributed by atoms with Crippen molar-refractivity contribution >= 4 is 6.29 Å². The zero-order chi connectivity index (χ0) is 7.82. The Morgan fingerprint density at radius 2 is 1.90 bits per heavy atom. The van der Waals surface area contributed by atoms with E-state index in [1.807, 2.05) is 0 Å². The third-order valence-corrected chi connectivity index (χ3v) is 1.78. The average Bonchev–Trinajstić information content (AvgIpc) is 1.98. The van der Waals surface area contributed by atoms with E-state index in [-0.39, 0.29) is 0 Å². The van der Waals surface area contributed by atoms with E-state index in [0.29, 0.717) is 5.92 Å². The summed E-state index contributed by atoms with van der Waals surface area (Å²) in [5, 5.41) is 0. The molecule has 0 heterocycles. The second-order valence-corrected chi connectivity index (χ2v) is 2.83. The molecule has 60 valence electrons. The van der Waals surface area contributed by atoms with Gasteiger partial charge in [-0.3, -0.25) is 0 Å². The van der Waals surface area contributed by atoms with Gasteiger partial charge >= 0.3 is 0 Å². The molecule has 0 rings (SSSR count). The molecule has 0 aromatic rings. The molecule has 0 saturated heterocycles. The lowest BCUT2D eigenvalue weighted by molar-refractivity contribution is -0.111. The van der Waals surface area contributed by atoms with Gasteiger partial charge in [0, 0.05) is 5.92 Å². The SMILES string of the molecule is CCCC[C@H](C=O)CCC. The van der Waals surface area contributed by atoms with Crippen LogP contribution in [-0.4, -0.2) is 6.29 Å². The first kappa shape index (κ1) is 9.67. The first-order valence-electron chi connectivity index (χ1n) is 4.30. The average molecular weight is 142 g/mol. The minimum absolute atomic E-state index is 0.338. The summed E-state index contributed by atoms with van der Waals surface area (Å²) >= 11 is 0. The molecule has 0 unspecified atom stereocenters. The fraction of sp³-hybridized carbons (Fsp3) is 0.889. The quantitative estimate of drug-likeness (QED) is 0.521. The maximum atomic E-state index is 10.4. The van der Waals surface area contributed by atoms with Crippen LogP contribution in [0.1, 0.15) is 46.0 Å². The molecular formula is C9H18O. The smallest absolute Gasteiger partial charge is 0.123 e. The molecule has 0 amide bonds. The number of aldehydes is 1. The van der Waals surface area contributed by atoms with E-state index in [2.05, 4.69) is 13.8 Å². The number of hydrogen-bond donors (Lipinski definition) is 0. The molecule has 0 spiro atoms. The predicted octanol–water partition coefficient (Wildman–Crippen LogP) is 2.79.